The van der Waals surface area contributed by atoms with Gasteiger partial charge in [0, 0.05) is 25.6 Å². The molecule has 4 rings (SSSR count). The van der Waals surface area contributed by atoms with Crippen molar-refractivity contribution in [3.63, 3.8) is 0 Å². The molecular formula is C18H18FN7O2S. The van der Waals surface area contributed by atoms with E-state index in [-0.39, 0.29) is 22.9 Å². The van der Waals surface area contributed by atoms with E-state index in [2.05, 4.69) is 19.8 Å². The fraction of sp³-hybridized carbons (Fsp3) is 0.278. The molecule has 0 radical (unpaired) electrons. The molecule has 9 nitrogen and oxygen atoms in total. The van der Waals surface area contributed by atoms with Crippen LogP contribution in [0.5, 0.6) is 0 Å². The number of amides is 2. The standard InChI is InChI=1S/C18H18FN7O2S/c1-9-13(11-3-5-25(6-4-11)10(2)27)18(29-24-9)22-17(28)14-15(20)23-26-8-12(19)7-21-16(14)26/h3,7-8H,4-6H2,1-2H3,(H2,20,23)(H,22,28). The number of rotatable bonds is 3. The number of aromatic nitrogens is 4. The first-order chi connectivity index (χ1) is 13.8. The molecule has 0 aromatic carbocycles. The van der Waals surface area contributed by atoms with Gasteiger partial charge in [0.25, 0.3) is 5.91 Å². The Morgan fingerprint density at radius 1 is 1.38 bits per heavy atom. The van der Waals surface area contributed by atoms with Crippen molar-refractivity contribution in [2.45, 2.75) is 20.3 Å². The third kappa shape index (κ3) is 3.44. The highest BCUT2D eigenvalue weighted by Gasteiger charge is 2.24. The molecule has 3 aromatic heterocycles. The number of halogens is 1. The Morgan fingerprint density at radius 3 is 2.86 bits per heavy atom. The number of nitrogens with two attached hydrogens (primary N) is 1. The Morgan fingerprint density at radius 2 is 2.17 bits per heavy atom. The first-order valence-corrected chi connectivity index (χ1v) is 9.64. The van der Waals surface area contributed by atoms with E-state index in [0.717, 1.165) is 45.3 Å². The lowest BCUT2D eigenvalue weighted by Crippen LogP contribution is -2.32. The Kier molecular flexibility index (Phi) is 4.74. The van der Waals surface area contributed by atoms with Crippen LogP contribution in [0.2, 0.25) is 0 Å². The van der Waals surface area contributed by atoms with Crippen LogP contribution in [0, 0.1) is 12.7 Å². The number of hydrogen-bond acceptors (Lipinski definition) is 7. The molecule has 0 bridgehead atoms. The molecule has 0 saturated carbocycles. The van der Waals surface area contributed by atoms with Crippen LogP contribution in [0.15, 0.2) is 18.5 Å². The van der Waals surface area contributed by atoms with E-state index in [0.29, 0.717) is 24.5 Å². The summed E-state index contributed by atoms with van der Waals surface area (Å²) in [5.41, 5.74) is 8.77. The van der Waals surface area contributed by atoms with Gasteiger partial charge in [-0.15, -0.1) is 5.10 Å². The smallest absolute Gasteiger partial charge is 0.264 e. The van der Waals surface area contributed by atoms with Gasteiger partial charge >= 0.3 is 0 Å². The number of aryl methyl sites for hydroxylation is 1. The Labute approximate surface area is 169 Å². The van der Waals surface area contributed by atoms with Gasteiger partial charge in [-0.3, -0.25) is 9.59 Å². The summed E-state index contributed by atoms with van der Waals surface area (Å²) >= 11 is 1.16. The summed E-state index contributed by atoms with van der Waals surface area (Å²) in [4.78, 5) is 30.1. The second-order valence-corrected chi connectivity index (χ2v) is 7.44. The van der Waals surface area contributed by atoms with Gasteiger partial charge in [0.1, 0.15) is 10.6 Å². The minimum Gasteiger partial charge on any atom is -0.381 e. The molecular weight excluding hydrogens is 397 g/mol. The third-order valence-electron chi connectivity index (χ3n) is 4.76. The lowest BCUT2D eigenvalue weighted by Gasteiger charge is -2.25. The molecule has 11 heteroatoms. The Balaban J connectivity index is 1.64. The normalized spacial score (nSPS) is 14.2. The van der Waals surface area contributed by atoms with E-state index in [1.54, 1.807) is 11.8 Å². The van der Waals surface area contributed by atoms with Crippen molar-refractivity contribution in [3.8, 4) is 0 Å². The first-order valence-electron chi connectivity index (χ1n) is 8.87. The van der Waals surface area contributed by atoms with Crippen LogP contribution in [-0.2, 0) is 4.79 Å². The van der Waals surface area contributed by atoms with Crippen molar-refractivity contribution in [2.24, 2.45) is 0 Å². The van der Waals surface area contributed by atoms with Gasteiger partial charge in [0.05, 0.1) is 18.1 Å². The molecule has 1 aliphatic rings. The summed E-state index contributed by atoms with van der Waals surface area (Å²) < 4.78 is 18.9. The number of carbonyl (C=O) groups is 2. The second-order valence-electron chi connectivity index (χ2n) is 6.67. The highest BCUT2D eigenvalue weighted by molar-refractivity contribution is 7.10. The van der Waals surface area contributed by atoms with Crippen molar-refractivity contribution in [2.75, 3.05) is 24.1 Å². The fourth-order valence-corrected chi connectivity index (χ4v) is 4.16. The molecule has 0 aliphatic carbocycles. The van der Waals surface area contributed by atoms with Gasteiger partial charge in [-0.05, 0) is 30.5 Å². The minimum absolute atomic E-state index is 0.0292. The van der Waals surface area contributed by atoms with Crippen molar-refractivity contribution in [1.82, 2.24) is 23.9 Å². The molecule has 0 saturated heterocycles. The predicted octanol–water partition coefficient (Wildman–Crippen LogP) is 2.10. The van der Waals surface area contributed by atoms with Crippen molar-refractivity contribution >= 4 is 45.4 Å². The van der Waals surface area contributed by atoms with E-state index in [4.69, 9.17) is 5.73 Å². The van der Waals surface area contributed by atoms with E-state index < -0.39 is 11.7 Å². The average Bonchev–Trinajstić information content (AvgIpc) is 3.20. The second kappa shape index (κ2) is 7.24. The van der Waals surface area contributed by atoms with Crippen LogP contribution < -0.4 is 11.1 Å². The van der Waals surface area contributed by atoms with Crippen LogP contribution in [-0.4, -0.2) is 48.8 Å². The molecule has 4 heterocycles. The molecule has 0 atom stereocenters. The number of fused-ring (bicyclic) bond motifs is 1. The summed E-state index contributed by atoms with van der Waals surface area (Å²) in [6.07, 6.45) is 4.75. The predicted molar refractivity (Wildman–Crippen MR) is 107 cm³/mol. The zero-order valence-corrected chi connectivity index (χ0v) is 16.6. The summed E-state index contributed by atoms with van der Waals surface area (Å²) in [7, 11) is 0. The summed E-state index contributed by atoms with van der Waals surface area (Å²) in [6, 6.07) is 0. The molecule has 3 N–H and O–H groups in total. The van der Waals surface area contributed by atoms with Crippen LogP contribution >= 0.6 is 11.5 Å². The summed E-state index contributed by atoms with van der Waals surface area (Å²) in [5.74, 6) is -1.10. The monoisotopic (exact) mass is 415 g/mol. The Bertz CT molecular complexity index is 1170. The van der Waals surface area contributed by atoms with Crippen molar-refractivity contribution in [1.29, 1.82) is 0 Å². The van der Waals surface area contributed by atoms with Crippen LogP contribution in [0.3, 0.4) is 0 Å². The number of anilines is 2. The first kappa shape index (κ1) is 19.0. The lowest BCUT2D eigenvalue weighted by molar-refractivity contribution is -0.128. The fourth-order valence-electron chi connectivity index (χ4n) is 3.33. The molecule has 29 heavy (non-hydrogen) atoms. The van der Waals surface area contributed by atoms with Gasteiger partial charge in [-0.25, -0.2) is 13.9 Å². The number of nitrogens with zero attached hydrogens (tertiary/aromatic N) is 5. The summed E-state index contributed by atoms with van der Waals surface area (Å²) in [6.45, 7) is 4.54. The maximum Gasteiger partial charge on any atom is 0.264 e. The van der Waals surface area contributed by atoms with Crippen LogP contribution in [0.4, 0.5) is 15.2 Å². The maximum absolute atomic E-state index is 13.4. The topological polar surface area (TPSA) is 119 Å². The van der Waals surface area contributed by atoms with E-state index in [9.17, 15) is 14.0 Å². The van der Waals surface area contributed by atoms with E-state index in [1.165, 1.54) is 0 Å². The molecule has 0 spiro atoms. The highest BCUT2D eigenvalue weighted by atomic mass is 32.1. The van der Waals surface area contributed by atoms with Gasteiger partial charge in [0.15, 0.2) is 17.3 Å². The maximum atomic E-state index is 13.4. The third-order valence-corrected chi connectivity index (χ3v) is 5.61. The number of nitrogen functional groups attached to an aromatic ring is 1. The Hall–Kier alpha value is -3.34. The number of nitrogens with one attached hydrogen (secondary N) is 1. The number of hydrogen-bond donors (Lipinski definition) is 2. The molecule has 0 unspecified atom stereocenters. The van der Waals surface area contributed by atoms with Crippen LogP contribution in [0.25, 0.3) is 11.2 Å². The number of carbonyl (C=O) groups excluding carboxylic acids is 2. The van der Waals surface area contributed by atoms with Gasteiger partial charge in [-0.1, -0.05) is 6.08 Å². The molecule has 1 aliphatic heterocycles. The molecule has 2 amide bonds. The van der Waals surface area contributed by atoms with Gasteiger partial charge < -0.3 is 16.0 Å². The summed E-state index contributed by atoms with van der Waals surface area (Å²) in [5, 5.41) is 7.37. The molecule has 0 fully saturated rings. The SMILES string of the molecule is CC(=O)N1CC=C(c2c(C)nsc2NC(=O)c2c(N)nn3cc(F)cnc23)CC1. The largest absolute Gasteiger partial charge is 0.381 e. The molecule has 150 valence electrons. The average molecular weight is 415 g/mol. The van der Waals surface area contributed by atoms with Gasteiger partial charge in [0.2, 0.25) is 5.91 Å². The zero-order chi connectivity index (χ0) is 20.7. The van der Waals surface area contributed by atoms with Crippen molar-refractivity contribution in [3.05, 3.63) is 41.1 Å². The van der Waals surface area contributed by atoms with E-state index in [1.807, 2.05) is 13.0 Å². The highest BCUT2D eigenvalue weighted by Crippen LogP contribution is 2.35. The van der Waals surface area contributed by atoms with Crippen LogP contribution in [0.1, 0.15) is 35.0 Å². The lowest BCUT2D eigenvalue weighted by atomic mass is 9.99. The minimum atomic E-state index is -0.587. The van der Waals surface area contributed by atoms with Crippen molar-refractivity contribution < 1.29 is 14.0 Å². The van der Waals surface area contributed by atoms with Gasteiger partial charge in [-0.2, -0.15) is 4.37 Å². The van der Waals surface area contributed by atoms with E-state index >= 15 is 0 Å². The zero-order valence-electron chi connectivity index (χ0n) is 15.8. The molecule has 3 aromatic rings. The quantitative estimate of drug-likeness (QED) is 0.676.